The Morgan fingerprint density at radius 1 is 1.09 bits per heavy atom. The predicted octanol–water partition coefficient (Wildman–Crippen LogP) is 3.28. The maximum absolute atomic E-state index is 13.4. The van der Waals surface area contributed by atoms with E-state index in [1.165, 1.54) is 4.90 Å². The maximum Gasteiger partial charge on any atom is 0.244 e. The van der Waals surface area contributed by atoms with E-state index in [0.29, 0.717) is 17.3 Å². The zero-order valence-electron chi connectivity index (χ0n) is 19.1. The van der Waals surface area contributed by atoms with Crippen molar-refractivity contribution in [2.24, 2.45) is 0 Å². The van der Waals surface area contributed by atoms with Crippen molar-refractivity contribution in [3.05, 3.63) is 64.2 Å². The summed E-state index contributed by atoms with van der Waals surface area (Å²) < 4.78 is 26.2. The number of anilines is 1. The van der Waals surface area contributed by atoms with Crippen LogP contribution in [0.1, 0.15) is 30.5 Å². The molecule has 2 rings (SSSR count). The second kappa shape index (κ2) is 10.8. The summed E-state index contributed by atoms with van der Waals surface area (Å²) >= 11 is 6.08. The van der Waals surface area contributed by atoms with Gasteiger partial charge in [0.2, 0.25) is 21.8 Å². The largest absolute Gasteiger partial charge is 0.355 e. The van der Waals surface area contributed by atoms with Crippen LogP contribution in [0.25, 0.3) is 0 Å². The lowest BCUT2D eigenvalue weighted by Crippen LogP contribution is -2.51. The number of halogens is 1. The van der Waals surface area contributed by atoms with Crippen LogP contribution >= 0.6 is 11.6 Å². The van der Waals surface area contributed by atoms with Gasteiger partial charge in [-0.05, 0) is 68.7 Å². The van der Waals surface area contributed by atoms with Gasteiger partial charge in [0.25, 0.3) is 0 Å². The lowest BCUT2D eigenvalue weighted by atomic mass is 10.1. The molecule has 1 N–H and O–H groups in total. The minimum atomic E-state index is -3.75. The molecule has 0 heterocycles. The highest BCUT2D eigenvalue weighted by Gasteiger charge is 2.30. The van der Waals surface area contributed by atoms with E-state index >= 15 is 0 Å². The molecule has 0 radical (unpaired) electrons. The van der Waals surface area contributed by atoms with Crippen molar-refractivity contribution in [2.75, 3.05) is 23.7 Å². The number of benzene rings is 2. The van der Waals surface area contributed by atoms with Gasteiger partial charge in [-0.15, -0.1) is 0 Å². The molecule has 2 aromatic rings. The molecule has 0 spiro atoms. The Hall–Kier alpha value is -2.58. The van der Waals surface area contributed by atoms with Gasteiger partial charge in [-0.25, -0.2) is 8.42 Å². The number of rotatable bonds is 9. The van der Waals surface area contributed by atoms with Crippen LogP contribution in [0.4, 0.5) is 5.69 Å². The van der Waals surface area contributed by atoms with Crippen molar-refractivity contribution in [3.8, 4) is 0 Å². The molecule has 0 aliphatic heterocycles. The Balaban J connectivity index is 2.40. The normalized spacial score (nSPS) is 12.2. The van der Waals surface area contributed by atoms with Crippen LogP contribution in [0.2, 0.25) is 5.02 Å². The fourth-order valence-electron chi connectivity index (χ4n) is 3.23. The van der Waals surface area contributed by atoms with Crippen LogP contribution < -0.4 is 9.62 Å². The van der Waals surface area contributed by atoms with Gasteiger partial charge in [0.15, 0.2) is 0 Å². The van der Waals surface area contributed by atoms with Crippen LogP contribution in [-0.4, -0.2) is 50.5 Å². The summed E-state index contributed by atoms with van der Waals surface area (Å²) in [4.78, 5) is 27.3. The summed E-state index contributed by atoms with van der Waals surface area (Å²) in [6.45, 7) is 7.32. The lowest BCUT2D eigenvalue weighted by molar-refractivity contribution is -0.139. The molecule has 2 aromatic carbocycles. The van der Waals surface area contributed by atoms with Crippen molar-refractivity contribution in [1.29, 1.82) is 0 Å². The highest BCUT2D eigenvalue weighted by molar-refractivity contribution is 7.92. The monoisotopic (exact) mass is 479 g/mol. The molecular formula is C23H30ClN3O4S. The number of nitrogens with zero attached hydrogens (tertiary/aromatic N) is 2. The van der Waals surface area contributed by atoms with E-state index in [1.807, 2.05) is 19.9 Å². The number of nitrogens with one attached hydrogen (secondary N) is 1. The Morgan fingerprint density at radius 2 is 1.78 bits per heavy atom. The van der Waals surface area contributed by atoms with Crippen molar-refractivity contribution >= 4 is 39.1 Å². The zero-order chi connectivity index (χ0) is 24.1. The molecule has 1 atom stereocenters. The first kappa shape index (κ1) is 25.7. The van der Waals surface area contributed by atoms with Crippen molar-refractivity contribution in [1.82, 2.24) is 10.2 Å². The molecule has 0 saturated carbocycles. The Morgan fingerprint density at radius 3 is 2.34 bits per heavy atom. The van der Waals surface area contributed by atoms with Gasteiger partial charge in [0.05, 0.1) is 11.9 Å². The third kappa shape index (κ3) is 6.71. The van der Waals surface area contributed by atoms with E-state index in [4.69, 9.17) is 11.6 Å². The van der Waals surface area contributed by atoms with E-state index in [2.05, 4.69) is 5.32 Å². The smallest absolute Gasteiger partial charge is 0.244 e. The van der Waals surface area contributed by atoms with Crippen LogP contribution in [0.3, 0.4) is 0 Å². The van der Waals surface area contributed by atoms with Crippen LogP contribution in [0.5, 0.6) is 0 Å². The molecular weight excluding hydrogens is 450 g/mol. The summed E-state index contributed by atoms with van der Waals surface area (Å²) in [5.74, 6) is -0.813. The number of hydrogen-bond donors (Lipinski definition) is 1. The number of likely N-dealkylation sites (N-methyl/N-ethyl adjacent to an activating group) is 1. The molecule has 32 heavy (non-hydrogen) atoms. The fraction of sp³-hybridized carbons (Fsp3) is 0.391. The van der Waals surface area contributed by atoms with Crippen molar-refractivity contribution in [3.63, 3.8) is 0 Å². The molecule has 0 aliphatic carbocycles. The van der Waals surface area contributed by atoms with E-state index in [0.717, 1.165) is 27.3 Å². The van der Waals surface area contributed by atoms with Gasteiger partial charge >= 0.3 is 0 Å². The first-order valence-electron chi connectivity index (χ1n) is 10.3. The Kier molecular flexibility index (Phi) is 8.69. The number of hydrogen-bond acceptors (Lipinski definition) is 4. The first-order valence-corrected chi connectivity index (χ1v) is 12.5. The molecule has 0 bridgehead atoms. The van der Waals surface area contributed by atoms with E-state index in [1.54, 1.807) is 50.2 Å². The highest BCUT2D eigenvalue weighted by Crippen LogP contribution is 2.22. The number of aryl methyl sites for hydroxylation is 2. The van der Waals surface area contributed by atoms with Gasteiger partial charge in [0, 0.05) is 18.1 Å². The number of sulfonamides is 1. The molecule has 0 aliphatic rings. The third-order valence-corrected chi connectivity index (χ3v) is 6.59. The van der Waals surface area contributed by atoms with Crippen LogP contribution in [0, 0.1) is 13.8 Å². The predicted molar refractivity (Wildman–Crippen MR) is 128 cm³/mol. The van der Waals surface area contributed by atoms with E-state index in [9.17, 15) is 18.0 Å². The number of carbonyl (C=O) groups excluding carboxylic acids is 2. The van der Waals surface area contributed by atoms with Crippen molar-refractivity contribution in [2.45, 2.75) is 40.3 Å². The SMILES string of the molecule is CCNC(=O)C(C)N(Cc1cccc(Cl)c1)C(=O)CN(c1ccc(C)c(C)c1)S(C)(=O)=O. The topological polar surface area (TPSA) is 86.8 Å². The average Bonchev–Trinajstić information content (AvgIpc) is 2.71. The molecule has 174 valence electrons. The van der Waals surface area contributed by atoms with Gasteiger partial charge < -0.3 is 10.2 Å². The molecule has 7 nitrogen and oxygen atoms in total. The summed E-state index contributed by atoms with van der Waals surface area (Å²) in [5.41, 5.74) is 3.06. The van der Waals surface area contributed by atoms with Gasteiger partial charge in [-0.2, -0.15) is 0 Å². The average molecular weight is 480 g/mol. The van der Waals surface area contributed by atoms with Crippen LogP contribution in [-0.2, 0) is 26.2 Å². The molecule has 0 aromatic heterocycles. The van der Waals surface area contributed by atoms with Gasteiger partial charge in [-0.3, -0.25) is 13.9 Å². The Labute approximate surface area is 195 Å². The zero-order valence-corrected chi connectivity index (χ0v) is 20.6. The summed E-state index contributed by atoms with van der Waals surface area (Å²) in [5, 5.41) is 3.22. The van der Waals surface area contributed by atoms with Crippen LogP contribution in [0.15, 0.2) is 42.5 Å². The summed E-state index contributed by atoms with van der Waals surface area (Å²) in [6.07, 6.45) is 1.06. The number of carbonyl (C=O) groups is 2. The minimum absolute atomic E-state index is 0.113. The lowest BCUT2D eigenvalue weighted by Gasteiger charge is -2.31. The van der Waals surface area contributed by atoms with E-state index in [-0.39, 0.29) is 12.5 Å². The molecule has 1 unspecified atom stereocenters. The van der Waals surface area contributed by atoms with E-state index < -0.39 is 28.5 Å². The maximum atomic E-state index is 13.4. The minimum Gasteiger partial charge on any atom is -0.355 e. The summed E-state index contributed by atoms with van der Waals surface area (Å²) in [6, 6.07) is 11.4. The third-order valence-electron chi connectivity index (χ3n) is 5.22. The quantitative estimate of drug-likeness (QED) is 0.598. The standard InChI is InChI=1S/C23H30ClN3O4S/c1-6-25-23(29)18(4)26(14-19-8-7-9-20(24)13-19)22(28)15-27(32(5,30)31)21-11-10-16(2)17(3)12-21/h7-13,18H,6,14-15H2,1-5H3,(H,25,29). The summed E-state index contributed by atoms with van der Waals surface area (Å²) in [7, 11) is -3.75. The first-order chi connectivity index (χ1) is 14.9. The van der Waals surface area contributed by atoms with Crippen molar-refractivity contribution < 1.29 is 18.0 Å². The second-order valence-electron chi connectivity index (χ2n) is 7.76. The Bertz CT molecular complexity index is 1090. The molecule has 2 amide bonds. The van der Waals surface area contributed by atoms with Gasteiger partial charge in [-0.1, -0.05) is 29.8 Å². The number of amides is 2. The highest BCUT2D eigenvalue weighted by atomic mass is 35.5. The second-order valence-corrected chi connectivity index (χ2v) is 10.1. The molecule has 0 saturated heterocycles. The molecule has 9 heteroatoms. The van der Waals surface area contributed by atoms with Gasteiger partial charge in [0.1, 0.15) is 12.6 Å². The molecule has 0 fully saturated rings. The fourth-order valence-corrected chi connectivity index (χ4v) is 4.29.